The third-order valence-electron chi connectivity index (χ3n) is 3.52. The molecule has 1 aliphatic carbocycles. The van der Waals surface area contributed by atoms with Crippen LogP contribution in [0.15, 0.2) is 59.6 Å². The lowest BCUT2D eigenvalue weighted by Crippen LogP contribution is -2.02. The molecular formula is C17H12N2S2. The number of hydrogen-bond donors (Lipinski definition) is 0. The van der Waals surface area contributed by atoms with Crippen molar-refractivity contribution in [3.05, 3.63) is 65.5 Å². The van der Waals surface area contributed by atoms with Gasteiger partial charge in [0.25, 0.3) is 0 Å². The predicted molar refractivity (Wildman–Crippen MR) is 90.5 cm³/mol. The summed E-state index contributed by atoms with van der Waals surface area (Å²) in [5.74, 6) is 0. The van der Waals surface area contributed by atoms with E-state index in [2.05, 4.69) is 65.9 Å². The lowest BCUT2D eigenvalue weighted by Gasteiger charge is -2.03. The molecule has 0 N–H and O–H groups in total. The molecule has 2 nitrogen and oxygen atoms in total. The van der Waals surface area contributed by atoms with Gasteiger partial charge < -0.3 is 0 Å². The first-order valence-corrected chi connectivity index (χ1v) is 8.81. The van der Waals surface area contributed by atoms with E-state index >= 15 is 0 Å². The maximum Gasteiger partial charge on any atom is 0.0980 e. The Bertz CT molecular complexity index is 960. The minimum atomic E-state index is 0.993. The van der Waals surface area contributed by atoms with E-state index in [-0.39, 0.29) is 0 Å². The van der Waals surface area contributed by atoms with Gasteiger partial charge in [-0.25, -0.2) is 4.99 Å². The third kappa shape index (κ3) is 2.26. The first kappa shape index (κ1) is 12.7. The van der Waals surface area contributed by atoms with E-state index in [9.17, 15) is 0 Å². The van der Waals surface area contributed by atoms with Gasteiger partial charge in [0.2, 0.25) is 0 Å². The number of rotatable bonds is 1. The maximum atomic E-state index is 4.84. The molecule has 21 heavy (non-hydrogen) atoms. The summed E-state index contributed by atoms with van der Waals surface area (Å²) >= 11 is 0. The molecule has 1 heterocycles. The normalized spacial score (nSPS) is 12.3. The van der Waals surface area contributed by atoms with Crippen LogP contribution in [0.5, 0.6) is 0 Å². The number of hydrogen-bond acceptors (Lipinski definition) is 4. The van der Waals surface area contributed by atoms with Gasteiger partial charge in [-0.2, -0.15) is 4.37 Å². The Kier molecular flexibility index (Phi) is 3.05. The number of fused-ring (bicyclic) bond motifs is 2. The SMILES string of the molecule is Cc1c/c(=N/c2cccc3ccccc23)cc2ssnc1-2. The van der Waals surface area contributed by atoms with Crippen molar-refractivity contribution in [1.82, 2.24) is 4.37 Å². The Morgan fingerprint density at radius 3 is 2.81 bits per heavy atom. The minimum absolute atomic E-state index is 0.993. The summed E-state index contributed by atoms with van der Waals surface area (Å²) in [5, 5.41) is 3.40. The minimum Gasteiger partial charge on any atom is -0.248 e. The predicted octanol–water partition coefficient (Wildman–Crippen LogP) is 5.00. The molecule has 0 saturated carbocycles. The van der Waals surface area contributed by atoms with Crippen molar-refractivity contribution in [3.63, 3.8) is 0 Å². The fourth-order valence-electron chi connectivity index (χ4n) is 2.51. The fraction of sp³-hybridized carbons (Fsp3) is 0.0588. The Balaban J connectivity index is 1.98. The molecule has 1 aliphatic heterocycles. The largest absolute Gasteiger partial charge is 0.248 e. The Hall–Kier alpha value is -2.04. The average Bonchev–Trinajstić information content (AvgIpc) is 2.97. The molecule has 4 heteroatoms. The molecule has 0 saturated heterocycles. The zero-order chi connectivity index (χ0) is 14.2. The highest BCUT2D eigenvalue weighted by atomic mass is 32.9. The van der Waals surface area contributed by atoms with Gasteiger partial charge in [-0.1, -0.05) is 46.7 Å². The van der Waals surface area contributed by atoms with Crippen LogP contribution in [0, 0.1) is 6.92 Å². The van der Waals surface area contributed by atoms with Gasteiger partial charge in [0.1, 0.15) is 0 Å². The molecule has 0 fully saturated rings. The molecule has 2 aromatic carbocycles. The van der Waals surface area contributed by atoms with Gasteiger partial charge >= 0.3 is 0 Å². The van der Waals surface area contributed by atoms with Gasteiger partial charge in [-0.15, -0.1) is 0 Å². The lowest BCUT2D eigenvalue weighted by atomic mass is 10.1. The van der Waals surface area contributed by atoms with E-state index in [1.54, 1.807) is 10.3 Å². The second-order valence-electron chi connectivity index (χ2n) is 4.97. The molecule has 0 amide bonds. The first-order chi connectivity index (χ1) is 10.3. The molecule has 0 aromatic heterocycles. The lowest BCUT2D eigenvalue weighted by molar-refractivity contribution is 1.30. The molecule has 0 atom stereocenters. The van der Waals surface area contributed by atoms with Gasteiger partial charge in [-0.3, -0.25) is 0 Å². The van der Waals surface area contributed by atoms with Crippen LogP contribution in [-0.4, -0.2) is 4.37 Å². The van der Waals surface area contributed by atoms with Crippen molar-refractivity contribution < 1.29 is 0 Å². The molecule has 2 aromatic rings. The topological polar surface area (TPSA) is 25.2 Å². The van der Waals surface area contributed by atoms with Crippen molar-refractivity contribution in [2.24, 2.45) is 4.99 Å². The number of nitrogens with zero attached hydrogens (tertiary/aromatic N) is 2. The van der Waals surface area contributed by atoms with Gasteiger partial charge in [0.05, 0.1) is 21.6 Å². The van der Waals surface area contributed by atoms with Crippen molar-refractivity contribution >= 4 is 37.3 Å². The highest BCUT2D eigenvalue weighted by molar-refractivity contribution is 7.68. The summed E-state index contributed by atoms with van der Waals surface area (Å²) in [6.07, 6.45) is 0. The van der Waals surface area contributed by atoms with E-state index in [0.717, 1.165) is 16.7 Å². The number of aromatic nitrogens is 1. The van der Waals surface area contributed by atoms with Crippen LogP contribution in [0.4, 0.5) is 5.69 Å². The highest BCUT2D eigenvalue weighted by Gasteiger charge is 2.09. The van der Waals surface area contributed by atoms with Crippen LogP contribution >= 0.6 is 20.9 Å². The van der Waals surface area contributed by atoms with Crippen LogP contribution in [0.2, 0.25) is 0 Å². The van der Waals surface area contributed by atoms with Crippen LogP contribution < -0.4 is 5.36 Å². The average molecular weight is 308 g/mol. The van der Waals surface area contributed by atoms with Crippen molar-refractivity contribution in [2.45, 2.75) is 6.92 Å². The summed E-state index contributed by atoms with van der Waals surface area (Å²) in [6.45, 7) is 2.09. The molecule has 102 valence electrons. The third-order valence-corrected chi connectivity index (χ3v) is 5.33. The maximum absolute atomic E-state index is 4.84. The molecule has 0 bridgehead atoms. The zero-order valence-corrected chi connectivity index (χ0v) is 13.0. The van der Waals surface area contributed by atoms with Crippen molar-refractivity contribution in [1.29, 1.82) is 0 Å². The van der Waals surface area contributed by atoms with E-state index < -0.39 is 0 Å². The van der Waals surface area contributed by atoms with Crippen molar-refractivity contribution in [2.75, 3.05) is 0 Å². The quantitative estimate of drug-likeness (QED) is 0.454. The molecule has 0 spiro atoms. The van der Waals surface area contributed by atoms with Crippen LogP contribution in [0.1, 0.15) is 5.56 Å². The van der Waals surface area contributed by atoms with E-state index in [1.807, 2.05) is 0 Å². The summed E-state index contributed by atoms with van der Waals surface area (Å²) in [4.78, 5) is 6.05. The Morgan fingerprint density at radius 2 is 1.86 bits per heavy atom. The standard InChI is InChI=1S/C17H12N2S2/c1-11-9-13(10-16-17(11)19-21-20-16)18-15-8-4-6-12-5-2-3-7-14(12)15/h2-10H,1H3/b18-13-. The number of benzene rings is 3. The second kappa shape index (κ2) is 5.06. The smallest absolute Gasteiger partial charge is 0.0980 e. The molecule has 4 rings (SSSR count). The van der Waals surface area contributed by atoms with E-state index in [4.69, 9.17) is 4.99 Å². The summed E-state index contributed by atoms with van der Waals surface area (Å²) in [5.41, 5.74) is 3.30. The summed E-state index contributed by atoms with van der Waals surface area (Å²) in [6, 6.07) is 18.8. The molecule has 0 unspecified atom stereocenters. The Morgan fingerprint density at radius 1 is 1.00 bits per heavy atom. The van der Waals surface area contributed by atoms with Crippen molar-refractivity contribution in [3.8, 4) is 10.6 Å². The van der Waals surface area contributed by atoms with E-state index in [0.29, 0.717) is 0 Å². The van der Waals surface area contributed by atoms with Gasteiger partial charge in [-0.05, 0) is 36.1 Å². The second-order valence-corrected chi connectivity index (χ2v) is 6.85. The van der Waals surface area contributed by atoms with Gasteiger partial charge in [0, 0.05) is 15.9 Å². The van der Waals surface area contributed by atoms with Crippen LogP contribution in [0.25, 0.3) is 21.3 Å². The monoisotopic (exact) mass is 308 g/mol. The highest BCUT2D eigenvalue weighted by Crippen LogP contribution is 2.30. The molecule has 0 radical (unpaired) electrons. The summed E-state index contributed by atoms with van der Waals surface area (Å²) < 4.78 is 4.43. The fourth-order valence-corrected chi connectivity index (χ4v) is 4.42. The zero-order valence-electron chi connectivity index (χ0n) is 11.4. The van der Waals surface area contributed by atoms with Crippen LogP contribution in [-0.2, 0) is 0 Å². The molecular weight excluding hydrogens is 296 g/mol. The first-order valence-electron chi connectivity index (χ1n) is 6.70. The van der Waals surface area contributed by atoms with Crippen LogP contribution in [0.3, 0.4) is 0 Å². The van der Waals surface area contributed by atoms with Gasteiger partial charge in [0.15, 0.2) is 0 Å². The Labute approximate surface area is 129 Å². The number of aryl methyl sites for hydroxylation is 1. The molecule has 2 aliphatic rings. The van der Waals surface area contributed by atoms with E-state index in [1.165, 1.54) is 31.7 Å². The summed E-state index contributed by atoms with van der Waals surface area (Å²) in [7, 11) is 3.23.